The van der Waals surface area contributed by atoms with Crippen molar-refractivity contribution in [2.75, 3.05) is 0 Å². The highest BCUT2D eigenvalue weighted by molar-refractivity contribution is 5.99. The van der Waals surface area contributed by atoms with Crippen molar-refractivity contribution in [2.24, 2.45) is 17.3 Å². The molecular weight excluding hydrogens is 172 g/mol. The monoisotopic (exact) mass is 186 g/mol. The van der Waals surface area contributed by atoms with Gasteiger partial charge in [0.05, 0.1) is 0 Å². The van der Waals surface area contributed by atoms with E-state index in [0.29, 0.717) is 12.8 Å². The summed E-state index contributed by atoms with van der Waals surface area (Å²) in [6, 6.07) is 0. The first kappa shape index (κ1) is 10.0. The van der Waals surface area contributed by atoms with E-state index in [1.165, 1.54) is 0 Å². The smallest absolute Gasteiger partial charge is 0.321 e. The van der Waals surface area contributed by atoms with Gasteiger partial charge in [-0.15, -0.1) is 0 Å². The molecule has 1 fully saturated rings. The first-order valence-electron chi connectivity index (χ1n) is 4.40. The van der Waals surface area contributed by atoms with Crippen molar-refractivity contribution >= 4 is 11.9 Å². The summed E-state index contributed by atoms with van der Waals surface area (Å²) in [5.74, 6) is -2.95. The van der Waals surface area contributed by atoms with E-state index in [-0.39, 0.29) is 11.8 Å². The van der Waals surface area contributed by atoms with Crippen LogP contribution in [-0.4, -0.2) is 22.2 Å². The fourth-order valence-corrected chi connectivity index (χ4v) is 2.38. The Kier molecular flexibility index (Phi) is 2.32. The first-order valence-corrected chi connectivity index (χ1v) is 4.40. The fourth-order valence-electron chi connectivity index (χ4n) is 2.38. The molecule has 0 aliphatic heterocycles. The van der Waals surface area contributed by atoms with Gasteiger partial charge in [0.25, 0.3) is 0 Å². The van der Waals surface area contributed by atoms with Crippen molar-refractivity contribution in [1.82, 2.24) is 0 Å². The zero-order valence-corrected chi connectivity index (χ0v) is 7.78. The molecule has 0 aromatic carbocycles. The molecule has 2 unspecified atom stereocenters. The average molecular weight is 186 g/mol. The predicted molar refractivity (Wildman–Crippen MR) is 45.3 cm³/mol. The molecule has 2 atom stereocenters. The molecule has 0 amide bonds. The molecule has 1 aliphatic carbocycles. The number of hydrogen-bond acceptors (Lipinski definition) is 2. The van der Waals surface area contributed by atoms with E-state index >= 15 is 0 Å². The molecule has 1 saturated carbocycles. The summed E-state index contributed by atoms with van der Waals surface area (Å²) in [7, 11) is 0. The van der Waals surface area contributed by atoms with Gasteiger partial charge in [-0.3, -0.25) is 9.59 Å². The van der Waals surface area contributed by atoms with Gasteiger partial charge >= 0.3 is 11.9 Å². The largest absolute Gasteiger partial charge is 0.480 e. The standard InChI is InChI=1S/C9H14O4/c1-5-3-4-6(2)9(5,7(10)11)8(12)13/h5-6H,3-4H2,1-2H3,(H,10,11)(H,12,13). The molecule has 0 saturated heterocycles. The van der Waals surface area contributed by atoms with E-state index in [0.717, 1.165) is 0 Å². The molecule has 1 aliphatic rings. The number of rotatable bonds is 2. The second kappa shape index (κ2) is 3.01. The maximum Gasteiger partial charge on any atom is 0.321 e. The third-order valence-corrected chi connectivity index (χ3v) is 3.30. The van der Waals surface area contributed by atoms with Gasteiger partial charge in [-0.25, -0.2) is 0 Å². The predicted octanol–water partition coefficient (Wildman–Crippen LogP) is 1.21. The normalized spacial score (nSPS) is 31.5. The van der Waals surface area contributed by atoms with Crippen LogP contribution in [0.1, 0.15) is 26.7 Å². The highest BCUT2D eigenvalue weighted by Gasteiger charge is 2.58. The lowest BCUT2D eigenvalue weighted by molar-refractivity contribution is -0.170. The number of carboxylic acid groups (broad SMARTS) is 2. The second-order valence-corrected chi connectivity index (χ2v) is 3.86. The van der Waals surface area contributed by atoms with E-state index < -0.39 is 17.4 Å². The van der Waals surface area contributed by atoms with E-state index in [1.54, 1.807) is 13.8 Å². The van der Waals surface area contributed by atoms with Gasteiger partial charge in [-0.1, -0.05) is 13.8 Å². The van der Waals surface area contributed by atoms with Crippen molar-refractivity contribution in [3.05, 3.63) is 0 Å². The van der Waals surface area contributed by atoms with E-state index in [9.17, 15) is 9.59 Å². The summed E-state index contributed by atoms with van der Waals surface area (Å²) < 4.78 is 0. The van der Waals surface area contributed by atoms with Crippen LogP contribution in [0.2, 0.25) is 0 Å². The van der Waals surface area contributed by atoms with Crippen molar-refractivity contribution < 1.29 is 19.8 Å². The molecule has 0 aromatic heterocycles. The molecule has 13 heavy (non-hydrogen) atoms. The van der Waals surface area contributed by atoms with Crippen LogP contribution in [0.5, 0.6) is 0 Å². The SMILES string of the molecule is CC1CCC(C)C1(C(=O)O)C(=O)O. The summed E-state index contributed by atoms with van der Waals surface area (Å²) in [5, 5.41) is 18.0. The molecular formula is C9H14O4. The minimum atomic E-state index is -1.56. The number of aliphatic carboxylic acids is 2. The fraction of sp³-hybridized carbons (Fsp3) is 0.778. The van der Waals surface area contributed by atoms with Crippen LogP contribution in [0.4, 0.5) is 0 Å². The highest BCUT2D eigenvalue weighted by atomic mass is 16.4. The van der Waals surface area contributed by atoms with E-state index in [4.69, 9.17) is 10.2 Å². The molecule has 2 N–H and O–H groups in total. The molecule has 0 heterocycles. The minimum Gasteiger partial charge on any atom is -0.480 e. The Morgan fingerprint density at radius 3 is 1.54 bits per heavy atom. The van der Waals surface area contributed by atoms with Crippen LogP contribution in [0.3, 0.4) is 0 Å². The van der Waals surface area contributed by atoms with Crippen molar-refractivity contribution in [3.8, 4) is 0 Å². The summed E-state index contributed by atoms with van der Waals surface area (Å²) >= 11 is 0. The molecule has 4 nitrogen and oxygen atoms in total. The van der Waals surface area contributed by atoms with Crippen molar-refractivity contribution in [3.63, 3.8) is 0 Å². The van der Waals surface area contributed by atoms with E-state index in [1.807, 2.05) is 0 Å². The maximum absolute atomic E-state index is 11.0. The Bertz CT molecular complexity index is 220. The van der Waals surface area contributed by atoms with Crippen LogP contribution in [-0.2, 0) is 9.59 Å². The zero-order chi connectivity index (χ0) is 10.2. The third-order valence-electron chi connectivity index (χ3n) is 3.30. The van der Waals surface area contributed by atoms with Crippen LogP contribution in [0, 0.1) is 17.3 Å². The summed E-state index contributed by atoms with van der Waals surface area (Å²) in [5.41, 5.74) is -1.56. The zero-order valence-electron chi connectivity index (χ0n) is 7.78. The minimum absolute atomic E-state index is 0.280. The number of carboxylic acids is 2. The molecule has 0 aromatic rings. The molecule has 1 rings (SSSR count). The van der Waals surface area contributed by atoms with Crippen molar-refractivity contribution in [2.45, 2.75) is 26.7 Å². The van der Waals surface area contributed by atoms with Gasteiger partial charge in [0.2, 0.25) is 0 Å². The van der Waals surface area contributed by atoms with Gasteiger partial charge in [0.1, 0.15) is 0 Å². The topological polar surface area (TPSA) is 74.6 Å². The molecule has 4 heteroatoms. The molecule has 0 bridgehead atoms. The Hall–Kier alpha value is -1.06. The van der Waals surface area contributed by atoms with Crippen LogP contribution in [0.15, 0.2) is 0 Å². The Morgan fingerprint density at radius 2 is 1.38 bits per heavy atom. The second-order valence-electron chi connectivity index (χ2n) is 3.86. The lowest BCUT2D eigenvalue weighted by Gasteiger charge is -2.28. The molecule has 74 valence electrons. The molecule has 0 radical (unpaired) electrons. The van der Waals surface area contributed by atoms with E-state index in [2.05, 4.69) is 0 Å². The highest BCUT2D eigenvalue weighted by Crippen LogP contribution is 2.48. The van der Waals surface area contributed by atoms with Gasteiger partial charge in [-0.2, -0.15) is 0 Å². The van der Waals surface area contributed by atoms with Crippen LogP contribution in [0.25, 0.3) is 0 Å². The van der Waals surface area contributed by atoms with Crippen LogP contribution < -0.4 is 0 Å². The maximum atomic E-state index is 11.0. The summed E-state index contributed by atoms with van der Waals surface area (Å²) in [4.78, 5) is 22.0. The number of hydrogen-bond donors (Lipinski definition) is 2. The third kappa shape index (κ3) is 1.12. The first-order chi connectivity index (χ1) is 5.94. The average Bonchev–Trinajstić information content (AvgIpc) is 2.27. The van der Waals surface area contributed by atoms with Gasteiger partial charge in [-0.05, 0) is 24.7 Å². The lowest BCUT2D eigenvalue weighted by Crippen LogP contribution is -2.45. The Balaban J connectivity index is 3.15. The summed E-state index contributed by atoms with van der Waals surface area (Å²) in [6.07, 6.45) is 1.36. The number of carbonyl (C=O) groups is 2. The van der Waals surface area contributed by atoms with Crippen LogP contribution >= 0.6 is 0 Å². The van der Waals surface area contributed by atoms with Gasteiger partial charge in [0.15, 0.2) is 5.41 Å². The lowest BCUT2D eigenvalue weighted by atomic mass is 9.73. The van der Waals surface area contributed by atoms with Gasteiger partial charge < -0.3 is 10.2 Å². The van der Waals surface area contributed by atoms with Gasteiger partial charge in [0, 0.05) is 0 Å². The molecule has 0 spiro atoms. The Labute approximate surface area is 76.6 Å². The van der Waals surface area contributed by atoms with Crippen molar-refractivity contribution in [1.29, 1.82) is 0 Å². The summed E-state index contributed by atoms with van der Waals surface area (Å²) in [6.45, 7) is 3.40. The quantitative estimate of drug-likeness (QED) is 0.635. The Morgan fingerprint density at radius 1 is 1.08 bits per heavy atom.